The number of methoxy groups -OCH3 is 1. The highest BCUT2D eigenvalue weighted by atomic mass is 19.4. The first-order chi connectivity index (χ1) is 9.02. The van der Waals surface area contributed by atoms with E-state index < -0.39 is 12.2 Å². The zero-order valence-corrected chi connectivity index (χ0v) is 10.7. The van der Waals surface area contributed by atoms with Crippen LogP contribution in [0.15, 0.2) is 24.3 Å². The van der Waals surface area contributed by atoms with Crippen LogP contribution in [-0.2, 0) is 0 Å². The summed E-state index contributed by atoms with van der Waals surface area (Å²) >= 11 is 0. The first-order valence-corrected chi connectivity index (χ1v) is 6.20. The Balaban J connectivity index is 2.31. The van der Waals surface area contributed by atoms with Crippen LogP contribution in [0.4, 0.5) is 18.9 Å². The third-order valence-corrected chi connectivity index (χ3v) is 3.23. The van der Waals surface area contributed by atoms with E-state index in [4.69, 9.17) is 4.74 Å². The maximum absolute atomic E-state index is 13.1. The monoisotopic (exact) mass is 274 g/mol. The summed E-state index contributed by atoms with van der Waals surface area (Å²) in [5.41, 5.74) is 0.547. The number of alkyl halides is 3. The van der Waals surface area contributed by atoms with Gasteiger partial charge in [0.25, 0.3) is 0 Å². The normalized spacial score (nSPS) is 21.1. The number of nitrogens with one attached hydrogen (secondary N) is 1. The van der Waals surface area contributed by atoms with Gasteiger partial charge >= 0.3 is 6.18 Å². The number of anilines is 1. The molecule has 1 unspecified atom stereocenters. The van der Waals surface area contributed by atoms with Gasteiger partial charge in [0.05, 0.1) is 7.11 Å². The zero-order chi connectivity index (χ0) is 13.9. The number of halogens is 3. The van der Waals surface area contributed by atoms with Crippen molar-refractivity contribution in [2.75, 3.05) is 31.6 Å². The fourth-order valence-electron chi connectivity index (χ4n) is 2.27. The predicted octanol–water partition coefficient (Wildman–Crippen LogP) is 2.43. The molecule has 3 nitrogen and oxygen atoms in total. The van der Waals surface area contributed by atoms with Gasteiger partial charge in [-0.15, -0.1) is 0 Å². The number of hydrogen-bond acceptors (Lipinski definition) is 3. The molecule has 6 heteroatoms. The first-order valence-electron chi connectivity index (χ1n) is 6.20. The molecule has 19 heavy (non-hydrogen) atoms. The van der Waals surface area contributed by atoms with Crippen LogP contribution in [0, 0.1) is 0 Å². The predicted molar refractivity (Wildman–Crippen MR) is 67.7 cm³/mol. The Morgan fingerprint density at radius 3 is 2.84 bits per heavy atom. The first kappa shape index (κ1) is 14.0. The molecular formula is C13H17F3N2O. The summed E-state index contributed by atoms with van der Waals surface area (Å²) in [5, 5.41) is 2.84. The van der Waals surface area contributed by atoms with Gasteiger partial charge in [0, 0.05) is 24.8 Å². The van der Waals surface area contributed by atoms with E-state index in [-0.39, 0.29) is 6.54 Å². The smallest absolute Gasteiger partial charge is 0.409 e. The third-order valence-electron chi connectivity index (χ3n) is 3.23. The van der Waals surface area contributed by atoms with Crippen LogP contribution in [0.2, 0.25) is 0 Å². The highest BCUT2D eigenvalue weighted by Crippen LogP contribution is 2.31. The van der Waals surface area contributed by atoms with Gasteiger partial charge in [-0.2, -0.15) is 13.2 Å². The van der Waals surface area contributed by atoms with Gasteiger partial charge in [-0.05, 0) is 25.1 Å². The Kier molecular flexibility index (Phi) is 4.19. The van der Waals surface area contributed by atoms with E-state index in [1.807, 2.05) is 0 Å². The molecule has 1 heterocycles. The molecule has 1 atom stereocenters. The molecule has 0 saturated carbocycles. The maximum Gasteiger partial charge on any atom is 0.409 e. The Morgan fingerprint density at radius 2 is 2.16 bits per heavy atom. The molecule has 106 valence electrons. The van der Waals surface area contributed by atoms with Crippen molar-refractivity contribution >= 4 is 5.69 Å². The molecule has 0 aromatic heterocycles. The number of ether oxygens (including phenoxy) is 1. The summed E-state index contributed by atoms with van der Waals surface area (Å²) < 4.78 is 44.5. The summed E-state index contributed by atoms with van der Waals surface area (Å²) in [6.45, 7) is 0.901. The summed E-state index contributed by atoms with van der Waals surface area (Å²) in [5.74, 6) is 0.565. The van der Waals surface area contributed by atoms with E-state index in [0.717, 1.165) is 0 Å². The van der Waals surface area contributed by atoms with E-state index in [0.29, 0.717) is 30.9 Å². The molecule has 2 rings (SSSR count). The van der Waals surface area contributed by atoms with Gasteiger partial charge in [-0.3, -0.25) is 0 Å². The fraction of sp³-hybridized carbons (Fsp3) is 0.538. The molecular weight excluding hydrogens is 257 g/mol. The lowest BCUT2D eigenvalue weighted by atomic mass is 10.2. The van der Waals surface area contributed by atoms with Gasteiger partial charge in [0.1, 0.15) is 11.8 Å². The van der Waals surface area contributed by atoms with Crippen LogP contribution in [0.5, 0.6) is 5.75 Å². The minimum atomic E-state index is -4.25. The average molecular weight is 274 g/mol. The van der Waals surface area contributed by atoms with Gasteiger partial charge < -0.3 is 15.0 Å². The summed E-state index contributed by atoms with van der Waals surface area (Å²) in [6.07, 6.45) is -3.57. The maximum atomic E-state index is 13.1. The molecule has 0 bridgehead atoms. The Morgan fingerprint density at radius 1 is 1.37 bits per heavy atom. The molecule has 0 radical (unpaired) electrons. The largest absolute Gasteiger partial charge is 0.497 e. The molecule has 1 aliphatic heterocycles. The standard InChI is InChI=1S/C13H17F3N2O/c1-19-11-5-2-4-10(8-11)18-7-3-6-17-9-12(18)13(14,15)16/h2,4-5,8,12,17H,3,6-7,9H2,1H3. The highest BCUT2D eigenvalue weighted by Gasteiger charge is 2.44. The van der Waals surface area contributed by atoms with Crippen LogP contribution >= 0.6 is 0 Å². The molecule has 1 aromatic rings. The number of benzene rings is 1. The minimum absolute atomic E-state index is 0.0826. The lowest BCUT2D eigenvalue weighted by Crippen LogP contribution is -2.49. The van der Waals surface area contributed by atoms with Crippen LogP contribution in [0.3, 0.4) is 0 Å². The van der Waals surface area contributed by atoms with Crippen molar-refractivity contribution in [2.45, 2.75) is 18.6 Å². The fourth-order valence-corrected chi connectivity index (χ4v) is 2.27. The van der Waals surface area contributed by atoms with Crippen molar-refractivity contribution < 1.29 is 17.9 Å². The molecule has 1 aliphatic rings. The van der Waals surface area contributed by atoms with Crippen LogP contribution in [0.25, 0.3) is 0 Å². The van der Waals surface area contributed by atoms with Crippen LogP contribution in [0.1, 0.15) is 6.42 Å². The molecule has 1 saturated heterocycles. The van der Waals surface area contributed by atoms with Gasteiger partial charge in [-0.25, -0.2) is 0 Å². The van der Waals surface area contributed by atoms with E-state index in [2.05, 4.69) is 5.32 Å². The number of rotatable bonds is 2. The Hall–Kier alpha value is -1.43. The van der Waals surface area contributed by atoms with E-state index >= 15 is 0 Å². The van der Waals surface area contributed by atoms with Crippen LogP contribution < -0.4 is 15.0 Å². The Bertz CT molecular complexity index is 423. The zero-order valence-electron chi connectivity index (χ0n) is 10.7. The lowest BCUT2D eigenvalue weighted by molar-refractivity contribution is -0.147. The molecule has 1 N–H and O–H groups in total. The molecule has 1 fully saturated rings. The minimum Gasteiger partial charge on any atom is -0.497 e. The van der Waals surface area contributed by atoms with E-state index in [1.165, 1.54) is 12.0 Å². The van der Waals surface area contributed by atoms with Crippen molar-refractivity contribution in [1.82, 2.24) is 5.32 Å². The van der Waals surface area contributed by atoms with Crippen molar-refractivity contribution in [3.05, 3.63) is 24.3 Å². The Labute approximate surface area is 110 Å². The second-order valence-electron chi connectivity index (χ2n) is 4.51. The second kappa shape index (κ2) is 5.69. The lowest BCUT2D eigenvalue weighted by Gasteiger charge is -2.33. The molecule has 0 spiro atoms. The van der Waals surface area contributed by atoms with E-state index in [1.54, 1.807) is 24.3 Å². The molecule has 0 aliphatic carbocycles. The van der Waals surface area contributed by atoms with Gasteiger partial charge in [-0.1, -0.05) is 6.07 Å². The van der Waals surface area contributed by atoms with Gasteiger partial charge in [0.15, 0.2) is 0 Å². The topological polar surface area (TPSA) is 24.5 Å². The van der Waals surface area contributed by atoms with E-state index in [9.17, 15) is 13.2 Å². The second-order valence-corrected chi connectivity index (χ2v) is 4.51. The van der Waals surface area contributed by atoms with Crippen molar-refractivity contribution in [2.24, 2.45) is 0 Å². The summed E-state index contributed by atoms with van der Waals surface area (Å²) in [7, 11) is 1.50. The van der Waals surface area contributed by atoms with Crippen molar-refractivity contribution in [3.8, 4) is 5.75 Å². The van der Waals surface area contributed by atoms with Crippen molar-refractivity contribution in [1.29, 1.82) is 0 Å². The third kappa shape index (κ3) is 3.32. The van der Waals surface area contributed by atoms with Crippen LogP contribution in [-0.4, -0.2) is 39.0 Å². The quantitative estimate of drug-likeness (QED) is 0.896. The summed E-state index contributed by atoms with van der Waals surface area (Å²) in [6, 6.07) is 5.26. The van der Waals surface area contributed by atoms with Crippen molar-refractivity contribution in [3.63, 3.8) is 0 Å². The molecule has 0 amide bonds. The number of hydrogen-bond donors (Lipinski definition) is 1. The SMILES string of the molecule is COc1cccc(N2CCCNCC2C(F)(F)F)c1. The number of nitrogens with zero attached hydrogens (tertiary/aromatic N) is 1. The summed E-state index contributed by atoms with van der Waals surface area (Å²) in [4.78, 5) is 1.41. The highest BCUT2D eigenvalue weighted by molar-refractivity contribution is 5.52. The van der Waals surface area contributed by atoms with Gasteiger partial charge in [0.2, 0.25) is 0 Å². The average Bonchev–Trinajstić information content (AvgIpc) is 2.64. The molecule has 1 aromatic carbocycles.